The molecule has 0 saturated heterocycles. The summed E-state index contributed by atoms with van der Waals surface area (Å²) in [7, 11) is 0. The largest absolute Gasteiger partial charge is 0.324 e. The molecule has 1 amide bonds. The molecule has 1 saturated carbocycles. The Labute approximate surface area is 101 Å². The van der Waals surface area contributed by atoms with Crippen LogP contribution in [0.25, 0.3) is 0 Å². The van der Waals surface area contributed by atoms with E-state index < -0.39 is 0 Å². The second-order valence-electron chi connectivity index (χ2n) is 4.72. The van der Waals surface area contributed by atoms with E-state index in [4.69, 9.17) is 0 Å². The van der Waals surface area contributed by atoms with Crippen LogP contribution in [0.15, 0.2) is 24.3 Å². The number of carbonyl (C=O) groups excluding carboxylic acids is 1. The molecule has 0 aliphatic heterocycles. The molecule has 1 aliphatic rings. The first kappa shape index (κ1) is 12.1. The minimum absolute atomic E-state index is 0.0815. The van der Waals surface area contributed by atoms with Gasteiger partial charge in [0.2, 0.25) is 5.91 Å². The Bertz CT molecular complexity index is 386. The van der Waals surface area contributed by atoms with Crippen LogP contribution in [-0.4, -0.2) is 5.91 Å². The van der Waals surface area contributed by atoms with Gasteiger partial charge in [0.1, 0.15) is 5.82 Å². The number of para-hydroxylation sites is 1. The summed E-state index contributed by atoms with van der Waals surface area (Å²) in [6, 6.07) is 6.27. The molecule has 1 aromatic rings. The summed E-state index contributed by atoms with van der Waals surface area (Å²) in [4.78, 5) is 11.6. The van der Waals surface area contributed by atoms with Gasteiger partial charge in [-0.1, -0.05) is 37.8 Å². The maximum absolute atomic E-state index is 13.3. The van der Waals surface area contributed by atoms with Crippen molar-refractivity contribution in [2.45, 2.75) is 38.5 Å². The third-order valence-electron chi connectivity index (χ3n) is 3.40. The van der Waals surface area contributed by atoms with Gasteiger partial charge in [0.05, 0.1) is 5.69 Å². The number of hydrogen-bond acceptors (Lipinski definition) is 1. The molecule has 0 unspecified atom stereocenters. The zero-order valence-electron chi connectivity index (χ0n) is 9.92. The number of halogens is 1. The summed E-state index contributed by atoms with van der Waals surface area (Å²) in [5.74, 6) is 0.241. The van der Waals surface area contributed by atoms with Crippen LogP contribution >= 0.6 is 0 Å². The SMILES string of the molecule is O=C(CCC1CCCC1)Nc1ccccc1F. The first-order chi connectivity index (χ1) is 8.25. The van der Waals surface area contributed by atoms with Crippen LogP contribution in [0.1, 0.15) is 38.5 Å². The van der Waals surface area contributed by atoms with E-state index in [9.17, 15) is 9.18 Å². The number of rotatable bonds is 4. The van der Waals surface area contributed by atoms with Crippen molar-refractivity contribution >= 4 is 11.6 Å². The third-order valence-corrected chi connectivity index (χ3v) is 3.40. The Hall–Kier alpha value is -1.38. The van der Waals surface area contributed by atoms with E-state index in [1.807, 2.05) is 0 Å². The maximum Gasteiger partial charge on any atom is 0.224 e. The van der Waals surface area contributed by atoms with Gasteiger partial charge >= 0.3 is 0 Å². The predicted octanol–water partition coefficient (Wildman–Crippen LogP) is 3.73. The molecule has 17 heavy (non-hydrogen) atoms. The van der Waals surface area contributed by atoms with E-state index in [0.717, 1.165) is 6.42 Å². The lowest BCUT2D eigenvalue weighted by Gasteiger charge is -2.09. The lowest BCUT2D eigenvalue weighted by molar-refractivity contribution is -0.116. The van der Waals surface area contributed by atoms with Crippen molar-refractivity contribution < 1.29 is 9.18 Å². The molecule has 0 radical (unpaired) electrons. The van der Waals surface area contributed by atoms with Crippen LogP contribution in [0.3, 0.4) is 0 Å². The lowest BCUT2D eigenvalue weighted by atomic mass is 10.0. The Balaban J connectivity index is 1.79. The molecule has 2 rings (SSSR count). The molecule has 1 fully saturated rings. The summed E-state index contributed by atoms with van der Waals surface area (Å²) in [5, 5.41) is 2.62. The minimum atomic E-state index is -0.373. The molecule has 92 valence electrons. The molecule has 0 bridgehead atoms. The summed E-state index contributed by atoms with van der Waals surface area (Å²) < 4.78 is 13.3. The number of hydrogen-bond donors (Lipinski definition) is 1. The quantitative estimate of drug-likeness (QED) is 0.846. The van der Waals surface area contributed by atoms with Gasteiger partial charge in [-0.05, 0) is 24.5 Å². The number of anilines is 1. The van der Waals surface area contributed by atoms with Gasteiger partial charge in [0, 0.05) is 6.42 Å². The van der Waals surface area contributed by atoms with Crippen LogP contribution in [0.5, 0.6) is 0 Å². The van der Waals surface area contributed by atoms with Crippen LogP contribution in [0.2, 0.25) is 0 Å². The Kier molecular flexibility index (Phi) is 4.13. The first-order valence-corrected chi connectivity index (χ1v) is 6.30. The third kappa shape index (κ3) is 3.55. The van der Waals surface area contributed by atoms with Crippen LogP contribution in [0.4, 0.5) is 10.1 Å². The lowest BCUT2D eigenvalue weighted by Crippen LogP contribution is -2.13. The molecule has 0 aromatic heterocycles. The average molecular weight is 235 g/mol. The number of amides is 1. The van der Waals surface area contributed by atoms with Gasteiger partial charge in [-0.25, -0.2) is 4.39 Å². The van der Waals surface area contributed by atoms with Crippen molar-refractivity contribution in [3.05, 3.63) is 30.1 Å². The van der Waals surface area contributed by atoms with E-state index in [2.05, 4.69) is 5.32 Å². The smallest absolute Gasteiger partial charge is 0.224 e. The number of benzene rings is 1. The minimum Gasteiger partial charge on any atom is -0.324 e. The highest BCUT2D eigenvalue weighted by molar-refractivity contribution is 5.90. The zero-order chi connectivity index (χ0) is 12.1. The van der Waals surface area contributed by atoms with E-state index in [1.165, 1.54) is 31.7 Å². The molecule has 0 atom stereocenters. The standard InChI is InChI=1S/C14H18FNO/c15-12-7-3-4-8-13(12)16-14(17)10-9-11-5-1-2-6-11/h3-4,7-8,11H,1-2,5-6,9-10H2,(H,16,17). The second kappa shape index (κ2) is 5.80. The highest BCUT2D eigenvalue weighted by Crippen LogP contribution is 2.28. The van der Waals surface area contributed by atoms with E-state index >= 15 is 0 Å². The molecule has 0 spiro atoms. The van der Waals surface area contributed by atoms with E-state index in [0.29, 0.717) is 12.3 Å². The molecule has 3 heteroatoms. The summed E-state index contributed by atoms with van der Waals surface area (Å²) >= 11 is 0. The summed E-state index contributed by atoms with van der Waals surface area (Å²) in [5.41, 5.74) is 0.281. The van der Waals surface area contributed by atoms with E-state index in [1.54, 1.807) is 18.2 Å². The Morgan fingerprint density at radius 2 is 2.00 bits per heavy atom. The fraction of sp³-hybridized carbons (Fsp3) is 0.500. The summed E-state index contributed by atoms with van der Waals surface area (Å²) in [6.07, 6.45) is 6.50. The molecule has 0 heterocycles. The maximum atomic E-state index is 13.3. The highest BCUT2D eigenvalue weighted by atomic mass is 19.1. The fourth-order valence-corrected chi connectivity index (χ4v) is 2.41. The van der Waals surface area contributed by atoms with Crippen molar-refractivity contribution in [2.24, 2.45) is 5.92 Å². The molecular formula is C14H18FNO. The van der Waals surface area contributed by atoms with Gasteiger partial charge < -0.3 is 5.32 Å². The molecule has 2 nitrogen and oxygen atoms in total. The zero-order valence-corrected chi connectivity index (χ0v) is 9.92. The van der Waals surface area contributed by atoms with Crippen molar-refractivity contribution in [1.29, 1.82) is 0 Å². The van der Waals surface area contributed by atoms with Crippen molar-refractivity contribution in [2.75, 3.05) is 5.32 Å². The number of carbonyl (C=O) groups is 1. The molecule has 1 aliphatic carbocycles. The highest BCUT2D eigenvalue weighted by Gasteiger charge is 2.16. The molecular weight excluding hydrogens is 217 g/mol. The van der Waals surface area contributed by atoms with Gasteiger partial charge in [0.25, 0.3) is 0 Å². The van der Waals surface area contributed by atoms with Crippen LogP contribution in [-0.2, 0) is 4.79 Å². The van der Waals surface area contributed by atoms with Crippen LogP contribution in [0, 0.1) is 11.7 Å². The van der Waals surface area contributed by atoms with Gasteiger partial charge in [-0.3, -0.25) is 4.79 Å². The Morgan fingerprint density at radius 3 is 2.71 bits per heavy atom. The number of nitrogens with one attached hydrogen (secondary N) is 1. The van der Waals surface area contributed by atoms with Gasteiger partial charge in [-0.2, -0.15) is 0 Å². The van der Waals surface area contributed by atoms with Crippen molar-refractivity contribution in [3.8, 4) is 0 Å². The monoisotopic (exact) mass is 235 g/mol. The van der Waals surface area contributed by atoms with Crippen molar-refractivity contribution in [1.82, 2.24) is 0 Å². The summed E-state index contributed by atoms with van der Waals surface area (Å²) in [6.45, 7) is 0. The normalized spacial score (nSPS) is 16.1. The second-order valence-corrected chi connectivity index (χ2v) is 4.72. The van der Waals surface area contributed by atoms with Gasteiger partial charge in [0.15, 0.2) is 0 Å². The predicted molar refractivity (Wildman–Crippen MR) is 66.2 cm³/mol. The fourth-order valence-electron chi connectivity index (χ4n) is 2.41. The molecule has 1 aromatic carbocycles. The van der Waals surface area contributed by atoms with E-state index in [-0.39, 0.29) is 17.4 Å². The van der Waals surface area contributed by atoms with Crippen molar-refractivity contribution in [3.63, 3.8) is 0 Å². The average Bonchev–Trinajstić information content (AvgIpc) is 2.82. The van der Waals surface area contributed by atoms with Crippen LogP contribution < -0.4 is 5.32 Å². The topological polar surface area (TPSA) is 29.1 Å². The Morgan fingerprint density at radius 1 is 1.29 bits per heavy atom. The first-order valence-electron chi connectivity index (χ1n) is 6.30. The molecule has 1 N–H and O–H groups in total. The van der Waals surface area contributed by atoms with Gasteiger partial charge in [-0.15, -0.1) is 0 Å².